The van der Waals surface area contributed by atoms with Crippen molar-refractivity contribution in [2.24, 2.45) is 0 Å². The van der Waals surface area contributed by atoms with Crippen molar-refractivity contribution in [3.05, 3.63) is 53.1 Å². The van der Waals surface area contributed by atoms with Crippen molar-refractivity contribution >= 4 is 11.6 Å². The third-order valence-electron chi connectivity index (χ3n) is 3.34. The summed E-state index contributed by atoms with van der Waals surface area (Å²) in [4.78, 5) is 11.5. The molecule has 0 aromatic heterocycles. The molecule has 0 aliphatic rings. The van der Waals surface area contributed by atoms with E-state index in [1.165, 1.54) is 25.1 Å². The summed E-state index contributed by atoms with van der Waals surface area (Å²) in [6.45, 7) is 1.47. The fourth-order valence-electron chi connectivity index (χ4n) is 2.06. The Bertz CT molecular complexity index is 865. The van der Waals surface area contributed by atoms with Crippen molar-refractivity contribution in [2.45, 2.75) is 19.5 Å². The number of halogens is 5. The van der Waals surface area contributed by atoms with Crippen LogP contribution in [0.4, 0.5) is 27.6 Å². The lowest BCUT2D eigenvalue weighted by molar-refractivity contribution is -0.138. The summed E-state index contributed by atoms with van der Waals surface area (Å²) in [6, 6.07) is 6.12. The first kappa shape index (κ1) is 19.2. The zero-order chi connectivity index (χ0) is 19.5. The van der Waals surface area contributed by atoms with E-state index in [0.29, 0.717) is 0 Å². The van der Waals surface area contributed by atoms with Crippen LogP contribution in [0.3, 0.4) is 0 Å². The molecule has 9 heteroatoms. The fraction of sp³-hybridized carbons (Fsp3) is 0.176. The molecule has 0 fully saturated rings. The first-order valence-electron chi connectivity index (χ1n) is 7.14. The molecule has 1 amide bonds. The van der Waals surface area contributed by atoms with E-state index < -0.39 is 41.5 Å². The van der Waals surface area contributed by atoms with E-state index >= 15 is 0 Å². The van der Waals surface area contributed by atoms with Gasteiger partial charge in [-0.2, -0.15) is 18.4 Å². The Morgan fingerprint density at radius 2 is 1.85 bits per heavy atom. The Morgan fingerprint density at radius 1 is 1.23 bits per heavy atom. The van der Waals surface area contributed by atoms with Crippen LogP contribution in [0.1, 0.15) is 17.5 Å². The topological polar surface area (TPSA) is 62.1 Å². The number of carbonyl (C=O) groups is 1. The Morgan fingerprint density at radius 3 is 2.38 bits per heavy atom. The zero-order valence-corrected chi connectivity index (χ0v) is 13.2. The molecule has 136 valence electrons. The molecular weight excluding hydrogens is 359 g/mol. The van der Waals surface area contributed by atoms with Crippen molar-refractivity contribution in [2.75, 3.05) is 5.32 Å². The number of rotatable bonds is 4. The number of carbonyl (C=O) groups excluding carboxylic acids is 1. The summed E-state index contributed by atoms with van der Waals surface area (Å²) in [5.74, 6) is -4.70. The highest BCUT2D eigenvalue weighted by molar-refractivity contribution is 5.93. The Labute approximate surface area is 144 Å². The number of nitriles is 1. The summed E-state index contributed by atoms with van der Waals surface area (Å²) in [7, 11) is 0. The molecule has 4 nitrogen and oxygen atoms in total. The van der Waals surface area contributed by atoms with Crippen molar-refractivity contribution in [3.8, 4) is 17.6 Å². The SMILES string of the molecule is Cc1c(NC(=O)CC#N)cccc1Oc1c(F)cc(C(F)(F)F)cc1F. The van der Waals surface area contributed by atoms with Crippen LogP contribution in [0.2, 0.25) is 0 Å². The van der Waals surface area contributed by atoms with Crippen LogP contribution >= 0.6 is 0 Å². The number of hydrogen-bond donors (Lipinski definition) is 1. The normalized spacial score (nSPS) is 11.0. The van der Waals surface area contributed by atoms with Crippen LogP contribution in [0, 0.1) is 29.9 Å². The number of alkyl halides is 3. The van der Waals surface area contributed by atoms with E-state index in [4.69, 9.17) is 10.00 Å². The molecule has 0 heterocycles. The second-order valence-electron chi connectivity index (χ2n) is 5.18. The largest absolute Gasteiger partial charge is 0.451 e. The predicted molar refractivity (Wildman–Crippen MR) is 81.5 cm³/mol. The summed E-state index contributed by atoms with van der Waals surface area (Å²) < 4.78 is 70.6. The van der Waals surface area contributed by atoms with Crippen molar-refractivity contribution < 1.29 is 31.5 Å². The standard InChI is InChI=1S/C17H11F5N2O2/c1-9-13(24-15(25)5-6-23)3-2-4-14(9)26-16-11(18)7-10(8-12(16)19)17(20,21)22/h2-4,7-8H,5H2,1H3,(H,24,25). The van der Waals surface area contributed by atoms with Crippen molar-refractivity contribution in [3.63, 3.8) is 0 Å². The van der Waals surface area contributed by atoms with E-state index in [2.05, 4.69) is 5.32 Å². The van der Waals surface area contributed by atoms with E-state index in [-0.39, 0.29) is 29.1 Å². The minimum absolute atomic E-state index is 0.0719. The highest BCUT2D eigenvalue weighted by Gasteiger charge is 2.33. The van der Waals surface area contributed by atoms with Gasteiger partial charge in [0.15, 0.2) is 17.4 Å². The molecule has 0 spiro atoms. The average Bonchev–Trinajstić information content (AvgIpc) is 2.53. The second kappa shape index (κ2) is 7.39. The van der Waals surface area contributed by atoms with Gasteiger partial charge in [0.05, 0.1) is 11.6 Å². The van der Waals surface area contributed by atoms with E-state index in [9.17, 15) is 26.7 Å². The Hall–Kier alpha value is -3.15. The molecule has 0 radical (unpaired) electrons. The molecule has 0 saturated heterocycles. The van der Waals surface area contributed by atoms with Crippen LogP contribution in [-0.2, 0) is 11.0 Å². The molecule has 0 atom stereocenters. The van der Waals surface area contributed by atoms with Crippen LogP contribution in [0.15, 0.2) is 30.3 Å². The van der Waals surface area contributed by atoms with Gasteiger partial charge in [-0.05, 0) is 31.2 Å². The number of ether oxygens (including phenoxy) is 1. The van der Waals surface area contributed by atoms with Gasteiger partial charge in [0.2, 0.25) is 5.91 Å². The minimum Gasteiger partial charge on any atom is -0.451 e. The second-order valence-corrected chi connectivity index (χ2v) is 5.18. The summed E-state index contributed by atoms with van der Waals surface area (Å²) >= 11 is 0. The third-order valence-corrected chi connectivity index (χ3v) is 3.34. The predicted octanol–water partition coefficient (Wildman–Crippen LogP) is 4.94. The smallest absolute Gasteiger partial charge is 0.416 e. The summed E-state index contributed by atoms with van der Waals surface area (Å²) in [5.41, 5.74) is -0.970. The number of amides is 1. The Kier molecular flexibility index (Phi) is 5.45. The quantitative estimate of drug-likeness (QED) is 0.776. The molecule has 2 aromatic rings. The monoisotopic (exact) mass is 370 g/mol. The fourth-order valence-corrected chi connectivity index (χ4v) is 2.06. The first-order valence-corrected chi connectivity index (χ1v) is 7.14. The van der Waals surface area contributed by atoms with Crippen molar-refractivity contribution in [1.29, 1.82) is 5.26 Å². The van der Waals surface area contributed by atoms with Gasteiger partial charge in [-0.3, -0.25) is 4.79 Å². The molecule has 0 bridgehead atoms. The van der Waals surface area contributed by atoms with Crippen LogP contribution in [-0.4, -0.2) is 5.91 Å². The van der Waals surface area contributed by atoms with Gasteiger partial charge >= 0.3 is 6.18 Å². The van der Waals surface area contributed by atoms with Crippen LogP contribution in [0.5, 0.6) is 11.5 Å². The number of nitrogens with one attached hydrogen (secondary N) is 1. The number of anilines is 1. The highest BCUT2D eigenvalue weighted by Crippen LogP contribution is 2.37. The van der Waals surface area contributed by atoms with Gasteiger partial charge in [0.25, 0.3) is 0 Å². The maximum absolute atomic E-state index is 13.9. The van der Waals surface area contributed by atoms with E-state index in [0.717, 1.165) is 0 Å². The van der Waals surface area contributed by atoms with E-state index in [1.54, 1.807) is 6.07 Å². The molecule has 0 unspecified atom stereocenters. The molecule has 2 aromatic carbocycles. The zero-order valence-electron chi connectivity index (χ0n) is 13.2. The van der Waals surface area contributed by atoms with Gasteiger partial charge in [0, 0.05) is 11.3 Å². The minimum atomic E-state index is -4.90. The summed E-state index contributed by atoms with van der Waals surface area (Å²) in [6.07, 6.45) is -5.30. The maximum Gasteiger partial charge on any atom is 0.416 e. The molecule has 0 aliphatic carbocycles. The lowest BCUT2D eigenvalue weighted by atomic mass is 10.1. The van der Waals surface area contributed by atoms with Gasteiger partial charge in [0.1, 0.15) is 12.2 Å². The highest BCUT2D eigenvalue weighted by atomic mass is 19.4. The molecular formula is C17H11F5N2O2. The van der Waals surface area contributed by atoms with Crippen LogP contribution < -0.4 is 10.1 Å². The third kappa shape index (κ3) is 4.27. The summed E-state index contributed by atoms with van der Waals surface area (Å²) in [5, 5.41) is 10.9. The van der Waals surface area contributed by atoms with Gasteiger partial charge in [-0.15, -0.1) is 0 Å². The number of nitrogens with zero attached hydrogens (tertiary/aromatic N) is 1. The van der Waals surface area contributed by atoms with Crippen LogP contribution in [0.25, 0.3) is 0 Å². The maximum atomic E-state index is 13.9. The molecule has 26 heavy (non-hydrogen) atoms. The van der Waals surface area contributed by atoms with Gasteiger partial charge in [-0.1, -0.05) is 6.07 Å². The molecule has 2 rings (SSSR count). The number of hydrogen-bond acceptors (Lipinski definition) is 3. The van der Waals surface area contributed by atoms with Gasteiger partial charge < -0.3 is 10.1 Å². The Balaban J connectivity index is 2.35. The average molecular weight is 370 g/mol. The van der Waals surface area contributed by atoms with Gasteiger partial charge in [-0.25, -0.2) is 8.78 Å². The lowest BCUT2D eigenvalue weighted by Crippen LogP contribution is -2.11. The lowest BCUT2D eigenvalue weighted by Gasteiger charge is -2.15. The number of benzene rings is 2. The molecule has 0 saturated carbocycles. The van der Waals surface area contributed by atoms with E-state index in [1.807, 2.05) is 0 Å². The van der Waals surface area contributed by atoms with Crippen molar-refractivity contribution in [1.82, 2.24) is 0 Å². The first-order chi connectivity index (χ1) is 12.1. The molecule has 0 aliphatic heterocycles. The molecule has 1 N–H and O–H groups in total.